The summed E-state index contributed by atoms with van der Waals surface area (Å²) in [6.45, 7) is 3.88. The van der Waals surface area contributed by atoms with Gasteiger partial charge in [0.15, 0.2) is 11.2 Å². The van der Waals surface area contributed by atoms with Crippen LogP contribution in [0.2, 0.25) is 0 Å². The highest BCUT2D eigenvalue weighted by atomic mass is 16.7. The standard InChI is InChI=1S/C30H34O8/c1-3-5-7-8-9-11-12-18-14-23-29(17-31)16-20-24(27(34)36-26(20)33)25-19(18)15-22(21(32)13-10-6-4-2)37-30(23,25)38-28(29)35/h3-6,14,17-19,22,25H,7-13,15-16H2,1-2H3/b5-3+,6-4+/t18-,19+,22-,25+,29+,30+/m1/s1. The van der Waals surface area contributed by atoms with Crippen molar-refractivity contribution in [1.82, 2.24) is 0 Å². The smallest absolute Gasteiger partial charge is 0.343 e. The Labute approximate surface area is 222 Å². The molecule has 5 aliphatic rings. The van der Waals surface area contributed by atoms with Gasteiger partial charge in [-0.1, -0.05) is 43.2 Å². The van der Waals surface area contributed by atoms with Crippen molar-refractivity contribution < 1.29 is 38.2 Å². The molecule has 3 aliphatic heterocycles. The van der Waals surface area contributed by atoms with Crippen LogP contribution in [0, 0.1) is 23.2 Å². The molecule has 0 aromatic rings. The molecule has 2 saturated heterocycles. The van der Waals surface area contributed by atoms with E-state index in [4.69, 9.17) is 14.2 Å². The first-order valence-corrected chi connectivity index (χ1v) is 13.7. The van der Waals surface area contributed by atoms with Crippen molar-refractivity contribution in [2.24, 2.45) is 23.2 Å². The van der Waals surface area contributed by atoms with Crippen molar-refractivity contribution in [3.05, 3.63) is 47.1 Å². The first-order chi connectivity index (χ1) is 18.3. The van der Waals surface area contributed by atoms with Gasteiger partial charge in [0, 0.05) is 18.4 Å². The number of esters is 3. The van der Waals surface area contributed by atoms with Crippen LogP contribution in [0.15, 0.2) is 47.1 Å². The van der Waals surface area contributed by atoms with Crippen LogP contribution in [-0.2, 0) is 38.2 Å². The highest BCUT2D eigenvalue weighted by molar-refractivity contribution is 6.15. The van der Waals surface area contributed by atoms with Crippen LogP contribution in [0.5, 0.6) is 0 Å². The van der Waals surface area contributed by atoms with Crippen LogP contribution in [0.1, 0.15) is 71.6 Å². The fourth-order valence-electron chi connectivity index (χ4n) is 7.00. The fourth-order valence-corrected chi connectivity index (χ4v) is 7.00. The number of unbranched alkanes of at least 4 members (excludes halogenated alkanes) is 3. The van der Waals surface area contributed by atoms with E-state index in [1.54, 1.807) is 0 Å². The molecule has 8 nitrogen and oxygen atoms in total. The summed E-state index contributed by atoms with van der Waals surface area (Å²) in [5.41, 5.74) is -1.26. The third-order valence-electron chi connectivity index (χ3n) is 8.78. The largest absolute Gasteiger partial charge is 0.427 e. The molecular weight excluding hydrogens is 488 g/mol. The number of cyclic esters (lactones) is 2. The lowest BCUT2D eigenvalue weighted by molar-refractivity contribution is -0.268. The maximum absolute atomic E-state index is 13.4. The molecule has 0 unspecified atom stereocenters. The van der Waals surface area contributed by atoms with Crippen LogP contribution >= 0.6 is 0 Å². The van der Waals surface area contributed by atoms with E-state index in [0.717, 1.165) is 32.1 Å². The molecule has 202 valence electrons. The number of carbonyl (C=O) groups is 5. The van der Waals surface area contributed by atoms with Crippen LogP contribution in [0.4, 0.5) is 0 Å². The average molecular weight is 523 g/mol. The number of Topliss-reactive ketones (excluding diaryl/α,β-unsaturated/α-hetero) is 1. The third kappa shape index (κ3) is 3.96. The number of hydrogen-bond donors (Lipinski definition) is 0. The van der Waals surface area contributed by atoms with Gasteiger partial charge in [0.1, 0.15) is 12.4 Å². The predicted molar refractivity (Wildman–Crippen MR) is 135 cm³/mol. The molecule has 0 radical (unpaired) electrons. The van der Waals surface area contributed by atoms with Gasteiger partial charge in [0.25, 0.3) is 0 Å². The first kappa shape index (κ1) is 26.5. The van der Waals surface area contributed by atoms with Gasteiger partial charge < -0.3 is 19.0 Å². The van der Waals surface area contributed by atoms with Gasteiger partial charge in [-0.25, -0.2) is 9.59 Å². The van der Waals surface area contributed by atoms with E-state index in [1.807, 2.05) is 38.2 Å². The zero-order valence-electron chi connectivity index (χ0n) is 21.9. The third-order valence-corrected chi connectivity index (χ3v) is 8.78. The lowest BCUT2D eigenvalue weighted by Crippen LogP contribution is -2.59. The molecule has 0 amide bonds. The normalized spacial score (nSPS) is 35.3. The van der Waals surface area contributed by atoms with Crippen molar-refractivity contribution in [2.45, 2.75) is 83.5 Å². The minimum atomic E-state index is -1.79. The van der Waals surface area contributed by atoms with Gasteiger partial charge in [-0.2, -0.15) is 0 Å². The second kappa shape index (κ2) is 10.2. The van der Waals surface area contributed by atoms with Gasteiger partial charge in [-0.05, 0) is 57.8 Å². The van der Waals surface area contributed by atoms with Gasteiger partial charge in [-0.15, -0.1) is 0 Å². The van der Waals surface area contributed by atoms with E-state index < -0.39 is 41.1 Å². The maximum atomic E-state index is 13.4. The Morgan fingerprint density at radius 2 is 1.82 bits per heavy atom. The summed E-state index contributed by atoms with van der Waals surface area (Å²) in [7, 11) is 0. The summed E-state index contributed by atoms with van der Waals surface area (Å²) in [5, 5.41) is 0. The van der Waals surface area contributed by atoms with Gasteiger partial charge in [0.2, 0.25) is 5.79 Å². The van der Waals surface area contributed by atoms with Crippen LogP contribution in [0.3, 0.4) is 0 Å². The van der Waals surface area contributed by atoms with E-state index in [1.165, 1.54) is 0 Å². The molecule has 3 heterocycles. The lowest BCUT2D eigenvalue weighted by Gasteiger charge is -2.52. The lowest BCUT2D eigenvalue weighted by atomic mass is 9.60. The summed E-state index contributed by atoms with van der Waals surface area (Å²) in [6.07, 6.45) is 15.1. The Balaban J connectivity index is 1.57. The monoisotopic (exact) mass is 522 g/mol. The number of aldehydes is 1. The highest BCUT2D eigenvalue weighted by Gasteiger charge is 2.75. The molecule has 0 aromatic carbocycles. The summed E-state index contributed by atoms with van der Waals surface area (Å²) in [4.78, 5) is 65.1. The number of ketones is 1. The van der Waals surface area contributed by atoms with Crippen LogP contribution < -0.4 is 0 Å². The molecular formula is C30H34O8. The molecule has 2 aliphatic carbocycles. The maximum Gasteiger partial charge on any atom is 0.343 e. The number of rotatable bonds is 11. The number of hydrogen-bond acceptors (Lipinski definition) is 8. The average Bonchev–Trinajstić information content (AvgIpc) is 3.25. The molecule has 6 atom stereocenters. The zero-order valence-corrected chi connectivity index (χ0v) is 21.9. The van der Waals surface area contributed by atoms with Crippen molar-refractivity contribution >= 4 is 30.0 Å². The van der Waals surface area contributed by atoms with Crippen LogP contribution in [-0.4, -0.2) is 41.9 Å². The first-order valence-electron chi connectivity index (χ1n) is 13.7. The number of carbonyl (C=O) groups excluding carboxylic acids is 5. The predicted octanol–water partition coefficient (Wildman–Crippen LogP) is 4.24. The second-order valence-corrected chi connectivity index (χ2v) is 10.9. The van der Waals surface area contributed by atoms with E-state index in [9.17, 15) is 24.0 Å². The zero-order chi connectivity index (χ0) is 27.1. The van der Waals surface area contributed by atoms with Crippen molar-refractivity contribution in [1.29, 1.82) is 0 Å². The Kier molecular flexibility index (Phi) is 7.11. The van der Waals surface area contributed by atoms with Crippen LogP contribution in [0.25, 0.3) is 0 Å². The van der Waals surface area contributed by atoms with Crippen molar-refractivity contribution in [3.8, 4) is 0 Å². The molecule has 0 N–H and O–H groups in total. The van der Waals surface area contributed by atoms with E-state index in [-0.39, 0.29) is 41.6 Å². The van der Waals surface area contributed by atoms with Gasteiger partial charge in [-0.3, -0.25) is 9.59 Å². The summed E-state index contributed by atoms with van der Waals surface area (Å²) < 4.78 is 17.3. The summed E-state index contributed by atoms with van der Waals surface area (Å²) in [5.74, 6) is -5.53. The second-order valence-electron chi connectivity index (χ2n) is 10.9. The van der Waals surface area contributed by atoms with E-state index >= 15 is 0 Å². The molecule has 2 fully saturated rings. The molecule has 8 heteroatoms. The van der Waals surface area contributed by atoms with E-state index in [0.29, 0.717) is 24.7 Å². The van der Waals surface area contributed by atoms with Crippen molar-refractivity contribution in [2.75, 3.05) is 0 Å². The van der Waals surface area contributed by atoms with Gasteiger partial charge >= 0.3 is 17.9 Å². The fraction of sp³-hybridized carbons (Fsp3) is 0.567. The Hall–Kier alpha value is -3.13. The Bertz CT molecular complexity index is 1190. The molecule has 5 rings (SSSR count). The molecule has 38 heavy (non-hydrogen) atoms. The van der Waals surface area contributed by atoms with E-state index in [2.05, 4.69) is 6.08 Å². The molecule has 1 spiro atoms. The summed E-state index contributed by atoms with van der Waals surface area (Å²) >= 11 is 0. The van der Waals surface area contributed by atoms with Crippen molar-refractivity contribution in [3.63, 3.8) is 0 Å². The highest BCUT2D eigenvalue weighted by Crippen LogP contribution is 2.66. The van der Waals surface area contributed by atoms with Gasteiger partial charge in [0.05, 0.1) is 17.1 Å². The minimum Gasteiger partial charge on any atom is -0.427 e. The summed E-state index contributed by atoms with van der Waals surface area (Å²) in [6, 6.07) is 0. The number of allylic oxidation sites excluding steroid dienone is 5. The SMILES string of the molecule is C/C=C/CCCCC[C@@H]1C=C2[C@@]3(C=O)CC4=C(C(=O)OC4=O)[C@@H]4[C@H]1C[C@H](C(=O)CC/C=C/C)O[C@]24OC3=O. The molecule has 0 saturated carbocycles. The molecule has 0 aromatic heterocycles. The Morgan fingerprint density at radius 1 is 1.05 bits per heavy atom. The topological polar surface area (TPSA) is 113 Å². The minimum absolute atomic E-state index is 0.0509. The quantitative estimate of drug-likeness (QED) is 0.130. The number of ether oxygens (including phenoxy) is 3. The molecule has 5 bridgehead atoms. The Morgan fingerprint density at radius 3 is 2.55 bits per heavy atom.